The highest BCUT2D eigenvalue weighted by atomic mass is 16.5. The molecule has 0 N–H and O–H groups in total. The molecule has 0 amide bonds. The molecule has 8 rings (SSSR count). The van der Waals surface area contributed by atoms with E-state index in [0.29, 0.717) is 22.3 Å². The zero-order valence-corrected chi connectivity index (χ0v) is 19.7. The van der Waals surface area contributed by atoms with Crippen molar-refractivity contribution in [3.8, 4) is 0 Å². The van der Waals surface area contributed by atoms with Crippen molar-refractivity contribution in [2.45, 2.75) is 0 Å². The van der Waals surface area contributed by atoms with Gasteiger partial charge in [0.15, 0.2) is 11.6 Å². The largest absolute Gasteiger partial charge is 0.346 e. The molecule has 0 aliphatic heterocycles. The molecule has 0 bridgehead atoms. The van der Waals surface area contributed by atoms with E-state index in [4.69, 9.17) is 0 Å². The third kappa shape index (κ3) is 4.02. The number of hydrogen-bond acceptors (Lipinski definition) is 5. The van der Waals surface area contributed by atoms with Crippen molar-refractivity contribution in [1.82, 2.24) is 10.4 Å². The number of carbonyl (C=O) groups excluding carboxylic acids is 2. The van der Waals surface area contributed by atoms with Gasteiger partial charge in [0.25, 0.3) is 0 Å². The zero-order chi connectivity index (χ0) is 25.2. The van der Waals surface area contributed by atoms with Gasteiger partial charge in [-0.1, -0.05) is 109 Å². The Bertz CT molecular complexity index is 1620. The van der Waals surface area contributed by atoms with Gasteiger partial charge in [0.1, 0.15) is 6.26 Å². The van der Waals surface area contributed by atoms with Gasteiger partial charge in [-0.15, -0.1) is 5.10 Å². The second kappa shape index (κ2) is 9.47. The SMILES string of the molecule is O=C1c2ccccc2C(=O)c2ccccc21.c1cc2ccc3cccc4ccc(c1)c2c34.c1conn1. The van der Waals surface area contributed by atoms with Gasteiger partial charge in [-0.2, -0.15) is 0 Å². The first-order valence-electron chi connectivity index (χ1n) is 11.8. The fraction of sp³-hybridized carbons (Fsp3) is 0. The van der Waals surface area contributed by atoms with E-state index in [-0.39, 0.29) is 11.6 Å². The van der Waals surface area contributed by atoms with Gasteiger partial charge in [0, 0.05) is 27.5 Å². The molecule has 5 nitrogen and oxygen atoms in total. The van der Waals surface area contributed by atoms with Gasteiger partial charge in [0.05, 0.1) is 6.20 Å². The molecule has 0 fully saturated rings. The number of carbonyl (C=O) groups is 2. The smallest absolute Gasteiger partial charge is 0.194 e. The van der Waals surface area contributed by atoms with Crippen LogP contribution >= 0.6 is 0 Å². The average Bonchev–Trinajstić information content (AvgIpc) is 3.56. The van der Waals surface area contributed by atoms with Crippen LogP contribution in [0.3, 0.4) is 0 Å². The fourth-order valence-corrected chi connectivity index (χ4v) is 4.85. The average molecular weight is 481 g/mol. The summed E-state index contributed by atoms with van der Waals surface area (Å²) >= 11 is 0. The first-order chi connectivity index (χ1) is 18.2. The quantitative estimate of drug-likeness (QED) is 0.216. The van der Waals surface area contributed by atoms with E-state index >= 15 is 0 Å². The van der Waals surface area contributed by atoms with E-state index in [0.717, 1.165) is 0 Å². The molecule has 0 saturated carbocycles. The number of benzene rings is 6. The van der Waals surface area contributed by atoms with Crippen LogP contribution in [0, 0.1) is 0 Å². The highest BCUT2D eigenvalue weighted by Gasteiger charge is 2.28. The Morgan fingerprint density at radius 2 is 0.838 bits per heavy atom. The summed E-state index contributed by atoms with van der Waals surface area (Å²) in [5, 5.41) is 14.5. The maximum atomic E-state index is 12.1. The maximum Gasteiger partial charge on any atom is 0.194 e. The van der Waals surface area contributed by atoms with Gasteiger partial charge >= 0.3 is 0 Å². The van der Waals surface area contributed by atoms with E-state index in [9.17, 15) is 9.59 Å². The van der Waals surface area contributed by atoms with E-state index in [1.54, 1.807) is 48.5 Å². The van der Waals surface area contributed by atoms with Crippen molar-refractivity contribution in [2.24, 2.45) is 0 Å². The topological polar surface area (TPSA) is 73.1 Å². The summed E-state index contributed by atoms with van der Waals surface area (Å²) in [6.45, 7) is 0. The number of ketones is 2. The van der Waals surface area contributed by atoms with E-state index in [1.807, 2.05) is 0 Å². The number of rotatable bonds is 0. The van der Waals surface area contributed by atoms with Crippen LogP contribution in [-0.2, 0) is 0 Å². The van der Waals surface area contributed by atoms with Crippen molar-refractivity contribution in [3.63, 3.8) is 0 Å². The van der Waals surface area contributed by atoms with Crippen LogP contribution in [0.1, 0.15) is 31.8 Å². The van der Waals surface area contributed by atoms with Crippen LogP contribution in [-0.4, -0.2) is 21.9 Å². The van der Waals surface area contributed by atoms with Crippen molar-refractivity contribution in [2.75, 3.05) is 0 Å². The summed E-state index contributed by atoms with van der Waals surface area (Å²) in [6.07, 6.45) is 2.88. The van der Waals surface area contributed by atoms with Gasteiger partial charge in [-0.25, -0.2) is 0 Å². The molecule has 0 radical (unpaired) electrons. The summed E-state index contributed by atoms with van der Waals surface area (Å²) in [4.78, 5) is 24.2. The molecule has 0 spiro atoms. The second-order valence-corrected chi connectivity index (χ2v) is 8.63. The summed E-state index contributed by atoms with van der Waals surface area (Å²) in [5.74, 6) is -0.128. The molecule has 0 unspecified atom stereocenters. The van der Waals surface area contributed by atoms with Gasteiger partial charge in [-0.05, 0) is 32.3 Å². The van der Waals surface area contributed by atoms with Crippen LogP contribution < -0.4 is 0 Å². The summed E-state index contributed by atoms with van der Waals surface area (Å²) < 4.78 is 4.22. The zero-order valence-electron chi connectivity index (χ0n) is 19.7. The minimum atomic E-state index is -0.0641. The molecular formula is C32H20N2O3. The van der Waals surface area contributed by atoms with Crippen LogP contribution in [0.25, 0.3) is 32.3 Å². The predicted octanol–water partition coefficient (Wildman–Crippen LogP) is 7.12. The standard InChI is InChI=1S/C16H10.C14H8O2.C2H2N2O/c1-3-11-7-9-13-5-2-6-14-10-8-12(4-1)15(11)16(13)14;15-13-9-5-1-2-6-10(9)14(16)12-8-4-3-7-11(12)13;1-2-5-4-3-1/h1-10H;1-8H;1-2H. The molecule has 37 heavy (non-hydrogen) atoms. The van der Waals surface area contributed by atoms with Gasteiger partial charge in [0.2, 0.25) is 0 Å². The lowest BCUT2D eigenvalue weighted by atomic mass is 9.84. The molecule has 1 aliphatic carbocycles. The number of hydrogen-bond donors (Lipinski definition) is 0. The summed E-state index contributed by atoms with van der Waals surface area (Å²) in [5.41, 5.74) is 2.02. The van der Waals surface area contributed by atoms with Gasteiger partial charge in [-0.3, -0.25) is 9.59 Å². The van der Waals surface area contributed by atoms with Crippen LogP contribution in [0.5, 0.6) is 0 Å². The molecule has 5 heteroatoms. The fourth-order valence-electron chi connectivity index (χ4n) is 4.85. The first-order valence-corrected chi connectivity index (χ1v) is 11.8. The first kappa shape index (κ1) is 22.3. The minimum absolute atomic E-state index is 0.0641. The predicted molar refractivity (Wildman–Crippen MR) is 144 cm³/mol. The van der Waals surface area contributed by atoms with Crippen LogP contribution in [0.15, 0.2) is 126 Å². The Balaban J connectivity index is 0.000000115. The summed E-state index contributed by atoms with van der Waals surface area (Å²) in [6, 6.07) is 35.8. The Labute approximate surface area is 212 Å². The molecule has 6 aromatic carbocycles. The van der Waals surface area contributed by atoms with Gasteiger partial charge < -0.3 is 4.52 Å². The van der Waals surface area contributed by atoms with Crippen molar-refractivity contribution >= 4 is 43.9 Å². The molecular weight excluding hydrogens is 460 g/mol. The monoisotopic (exact) mass is 480 g/mol. The van der Waals surface area contributed by atoms with Crippen molar-refractivity contribution in [3.05, 3.63) is 144 Å². The molecule has 1 aliphatic rings. The molecule has 1 heterocycles. The molecule has 1 aromatic heterocycles. The highest BCUT2D eigenvalue weighted by Crippen LogP contribution is 2.34. The van der Waals surface area contributed by atoms with E-state index < -0.39 is 0 Å². The minimum Gasteiger partial charge on any atom is -0.346 e. The van der Waals surface area contributed by atoms with E-state index in [1.165, 1.54) is 44.8 Å². The Hall–Kier alpha value is -5.16. The normalized spacial score (nSPS) is 11.9. The van der Waals surface area contributed by atoms with E-state index in [2.05, 4.69) is 75.6 Å². The Morgan fingerprint density at radius 1 is 0.459 bits per heavy atom. The number of nitrogens with zero attached hydrogens (tertiary/aromatic N) is 2. The second-order valence-electron chi connectivity index (χ2n) is 8.63. The lowest BCUT2D eigenvalue weighted by Crippen LogP contribution is -2.20. The third-order valence-electron chi connectivity index (χ3n) is 6.51. The highest BCUT2D eigenvalue weighted by molar-refractivity contribution is 6.28. The van der Waals surface area contributed by atoms with Crippen molar-refractivity contribution in [1.29, 1.82) is 0 Å². The Morgan fingerprint density at radius 3 is 1.11 bits per heavy atom. The molecule has 0 atom stereocenters. The lowest BCUT2D eigenvalue weighted by molar-refractivity contribution is 0.0979. The molecule has 7 aromatic rings. The summed E-state index contributed by atoms with van der Waals surface area (Å²) in [7, 11) is 0. The van der Waals surface area contributed by atoms with Crippen LogP contribution in [0.2, 0.25) is 0 Å². The molecule has 176 valence electrons. The Kier molecular flexibility index (Phi) is 5.71. The lowest BCUT2D eigenvalue weighted by Gasteiger charge is -2.16. The third-order valence-corrected chi connectivity index (χ3v) is 6.51. The maximum absolute atomic E-state index is 12.1. The number of fused-ring (bicyclic) bond motifs is 2. The van der Waals surface area contributed by atoms with Crippen LogP contribution in [0.4, 0.5) is 0 Å². The molecule has 0 saturated heterocycles. The van der Waals surface area contributed by atoms with Crippen molar-refractivity contribution < 1.29 is 14.1 Å². The number of aromatic nitrogens is 2.